The van der Waals surface area contributed by atoms with Crippen LogP contribution in [0.1, 0.15) is 12.8 Å². The van der Waals surface area contributed by atoms with E-state index in [9.17, 15) is 4.79 Å². The van der Waals surface area contributed by atoms with Gasteiger partial charge < -0.3 is 19.5 Å². The van der Waals surface area contributed by atoms with Crippen LogP contribution >= 0.6 is 11.6 Å². The summed E-state index contributed by atoms with van der Waals surface area (Å²) < 4.78 is 10.2. The summed E-state index contributed by atoms with van der Waals surface area (Å²) in [5.74, 6) is 1.65. The third-order valence-corrected chi connectivity index (χ3v) is 5.06. The predicted molar refractivity (Wildman–Crippen MR) is 109 cm³/mol. The Balaban J connectivity index is 1.53. The Morgan fingerprint density at radius 1 is 1.28 bits per heavy atom. The van der Waals surface area contributed by atoms with Crippen molar-refractivity contribution < 1.29 is 14.1 Å². The number of benzene rings is 1. The number of aromatic nitrogens is 3. The Hall–Kier alpha value is -3.13. The van der Waals surface area contributed by atoms with Crippen molar-refractivity contribution in [2.45, 2.75) is 18.9 Å². The van der Waals surface area contributed by atoms with E-state index in [-0.39, 0.29) is 6.04 Å². The predicted octanol–water partition coefficient (Wildman–Crippen LogP) is 3.78. The van der Waals surface area contributed by atoms with E-state index in [0.29, 0.717) is 16.7 Å². The van der Waals surface area contributed by atoms with Crippen LogP contribution in [0.5, 0.6) is 0 Å². The second kappa shape index (κ2) is 8.48. The number of carbonyl (C=O) groups is 1. The molecule has 3 aromatic rings. The molecular weight excluding hydrogens is 394 g/mol. The van der Waals surface area contributed by atoms with Gasteiger partial charge in [0.1, 0.15) is 5.82 Å². The second-order valence-electron chi connectivity index (χ2n) is 6.71. The number of rotatable bonds is 4. The van der Waals surface area contributed by atoms with Gasteiger partial charge in [-0.05, 0) is 37.1 Å². The average Bonchev–Trinajstić information content (AvgIpc) is 3.24. The highest BCUT2D eigenvalue weighted by Gasteiger charge is 2.25. The van der Waals surface area contributed by atoms with Gasteiger partial charge in [-0.1, -0.05) is 28.9 Å². The van der Waals surface area contributed by atoms with E-state index in [4.69, 9.17) is 16.1 Å². The van der Waals surface area contributed by atoms with Gasteiger partial charge in [0.2, 0.25) is 5.82 Å². The summed E-state index contributed by atoms with van der Waals surface area (Å²) in [5, 5.41) is 7.56. The normalized spacial score (nSPS) is 14.6. The molecule has 150 valence electrons. The molecule has 8 nitrogen and oxygen atoms in total. The lowest BCUT2D eigenvalue weighted by Crippen LogP contribution is -2.45. The molecule has 1 fully saturated rings. The summed E-state index contributed by atoms with van der Waals surface area (Å²) in [4.78, 5) is 22.7. The maximum atomic E-state index is 11.4. The van der Waals surface area contributed by atoms with Gasteiger partial charge in [-0.25, -0.2) is 9.78 Å². The molecule has 0 radical (unpaired) electrons. The Morgan fingerprint density at radius 2 is 2.10 bits per heavy atom. The highest BCUT2D eigenvalue weighted by Crippen LogP contribution is 2.31. The summed E-state index contributed by atoms with van der Waals surface area (Å²) in [5.41, 5.74) is 1.56. The van der Waals surface area contributed by atoms with Crippen LogP contribution in [0.2, 0.25) is 5.02 Å². The smallest absolute Gasteiger partial charge is 0.407 e. The first-order chi connectivity index (χ1) is 14.1. The molecule has 0 unspecified atom stereocenters. The van der Waals surface area contributed by atoms with E-state index in [0.717, 1.165) is 42.9 Å². The van der Waals surface area contributed by atoms with Gasteiger partial charge in [-0.2, -0.15) is 4.98 Å². The molecule has 3 heterocycles. The number of halogens is 1. The molecule has 0 bridgehead atoms. The summed E-state index contributed by atoms with van der Waals surface area (Å²) in [6, 6.07) is 11.1. The van der Waals surface area contributed by atoms with Crippen LogP contribution in [0.4, 0.5) is 10.6 Å². The molecule has 29 heavy (non-hydrogen) atoms. The topological polar surface area (TPSA) is 93.4 Å². The molecule has 1 aromatic carbocycles. The van der Waals surface area contributed by atoms with E-state index >= 15 is 0 Å². The number of nitrogens with one attached hydrogen (secondary N) is 1. The highest BCUT2D eigenvalue weighted by molar-refractivity contribution is 6.30. The number of carbonyl (C=O) groups excluding carboxylic acids is 1. The van der Waals surface area contributed by atoms with E-state index < -0.39 is 6.09 Å². The lowest BCUT2D eigenvalue weighted by molar-refractivity contribution is 0.164. The molecule has 1 amide bonds. The minimum atomic E-state index is -0.402. The largest absolute Gasteiger partial charge is 0.453 e. The van der Waals surface area contributed by atoms with Gasteiger partial charge in [-0.15, -0.1) is 0 Å². The zero-order valence-corrected chi connectivity index (χ0v) is 16.6. The van der Waals surface area contributed by atoms with E-state index in [1.807, 2.05) is 24.3 Å². The Labute approximate surface area is 172 Å². The first kappa shape index (κ1) is 19.2. The summed E-state index contributed by atoms with van der Waals surface area (Å²) in [7, 11) is 1.37. The number of hydrogen-bond acceptors (Lipinski definition) is 7. The molecule has 1 N–H and O–H groups in total. The van der Waals surface area contributed by atoms with Crippen molar-refractivity contribution >= 4 is 23.5 Å². The average molecular weight is 414 g/mol. The molecule has 1 aliphatic rings. The van der Waals surface area contributed by atoms with Gasteiger partial charge in [-0.3, -0.25) is 0 Å². The van der Waals surface area contributed by atoms with Crippen LogP contribution in [0.3, 0.4) is 0 Å². The Bertz CT molecular complexity index is 1000. The van der Waals surface area contributed by atoms with Crippen molar-refractivity contribution in [2.75, 3.05) is 25.1 Å². The summed E-state index contributed by atoms with van der Waals surface area (Å²) in [6.07, 6.45) is 2.93. The highest BCUT2D eigenvalue weighted by atomic mass is 35.5. The molecule has 4 rings (SSSR count). The molecular formula is C20H20ClN5O3. The summed E-state index contributed by atoms with van der Waals surface area (Å²) in [6.45, 7) is 1.49. The monoisotopic (exact) mass is 413 g/mol. The number of amides is 1. The van der Waals surface area contributed by atoms with Gasteiger partial charge in [0.15, 0.2) is 0 Å². The fourth-order valence-corrected chi connectivity index (χ4v) is 3.55. The third kappa shape index (κ3) is 4.32. The first-order valence-corrected chi connectivity index (χ1v) is 9.66. The maximum Gasteiger partial charge on any atom is 0.407 e. The molecule has 2 aromatic heterocycles. The number of hydrogen-bond donors (Lipinski definition) is 1. The maximum absolute atomic E-state index is 11.4. The van der Waals surface area contributed by atoms with Crippen LogP contribution in [-0.4, -0.2) is 47.5 Å². The van der Waals surface area contributed by atoms with Crippen LogP contribution in [0.25, 0.3) is 22.8 Å². The fourth-order valence-electron chi connectivity index (χ4n) is 3.35. The van der Waals surface area contributed by atoms with Crippen molar-refractivity contribution in [1.82, 2.24) is 20.4 Å². The molecule has 0 saturated carbocycles. The molecule has 0 aliphatic carbocycles. The number of anilines is 1. The number of ether oxygens (including phenoxy) is 1. The Morgan fingerprint density at radius 3 is 2.86 bits per heavy atom. The second-order valence-corrected chi connectivity index (χ2v) is 7.14. The van der Waals surface area contributed by atoms with E-state index in [1.165, 1.54) is 7.11 Å². The quantitative estimate of drug-likeness (QED) is 0.695. The minimum absolute atomic E-state index is 0.0868. The number of methoxy groups -OCH3 is 1. The summed E-state index contributed by atoms with van der Waals surface area (Å²) >= 11 is 6.06. The van der Waals surface area contributed by atoms with Crippen LogP contribution in [-0.2, 0) is 4.74 Å². The van der Waals surface area contributed by atoms with Gasteiger partial charge in [0, 0.05) is 35.9 Å². The molecule has 0 atom stereocenters. The zero-order valence-electron chi connectivity index (χ0n) is 15.8. The third-order valence-electron chi connectivity index (χ3n) is 4.83. The van der Waals surface area contributed by atoms with E-state index in [1.54, 1.807) is 18.3 Å². The lowest BCUT2D eigenvalue weighted by Gasteiger charge is -2.33. The number of pyridine rings is 1. The molecule has 9 heteroatoms. The van der Waals surface area contributed by atoms with Crippen molar-refractivity contribution in [3.05, 3.63) is 47.6 Å². The molecule has 1 saturated heterocycles. The SMILES string of the molecule is COC(=O)NC1CCN(c2ncccc2-c2nc(-c3cccc(Cl)c3)no2)CC1. The van der Waals surface area contributed by atoms with Crippen molar-refractivity contribution in [3.8, 4) is 22.8 Å². The molecule has 1 aliphatic heterocycles. The number of nitrogens with zero attached hydrogens (tertiary/aromatic N) is 4. The van der Waals surface area contributed by atoms with Crippen LogP contribution < -0.4 is 10.2 Å². The van der Waals surface area contributed by atoms with Gasteiger partial charge >= 0.3 is 6.09 Å². The Kier molecular flexibility index (Phi) is 5.62. The number of alkyl carbamates (subject to hydrolysis) is 1. The standard InChI is InChI=1S/C20H20ClN5O3/c1-28-20(27)23-15-7-10-26(11-8-15)18-16(6-3-9-22-18)19-24-17(25-29-19)13-4-2-5-14(21)12-13/h2-6,9,12,15H,7-8,10-11H2,1H3,(H,23,27). The number of piperidine rings is 1. The fraction of sp³-hybridized carbons (Fsp3) is 0.300. The van der Waals surface area contributed by atoms with Crippen LogP contribution in [0, 0.1) is 0 Å². The van der Waals surface area contributed by atoms with Crippen molar-refractivity contribution in [3.63, 3.8) is 0 Å². The van der Waals surface area contributed by atoms with Gasteiger partial charge in [0.25, 0.3) is 5.89 Å². The van der Waals surface area contributed by atoms with Crippen molar-refractivity contribution in [2.24, 2.45) is 0 Å². The first-order valence-electron chi connectivity index (χ1n) is 9.28. The zero-order chi connectivity index (χ0) is 20.2. The van der Waals surface area contributed by atoms with Crippen LogP contribution in [0.15, 0.2) is 47.1 Å². The van der Waals surface area contributed by atoms with Crippen molar-refractivity contribution in [1.29, 1.82) is 0 Å². The van der Waals surface area contributed by atoms with Gasteiger partial charge in [0.05, 0.1) is 12.7 Å². The minimum Gasteiger partial charge on any atom is -0.453 e. The molecule has 0 spiro atoms. The van der Waals surface area contributed by atoms with E-state index in [2.05, 4.69) is 30.1 Å². The lowest BCUT2D eigenvalue weighted by atomic mass is 10.0.